The van der Waals surface area contributed by atoms with Gasteiger partial charge in [-0.05, 0) is 21.3 Å². The van der Waals surface area contributed by atoms with Gasteiger partial charge in [0.2, 0.25) is 0 Å². The molecule has 0 aliphatic carbocycles. The van der Waals surface area contributed by atoms with Gasteiger partial charge in [0.1, 0.15) is 5.78 Å². The molecular formula is C4H7O. The fourth-order valence-corrected chi connectivity index (χ4v) is 0. The molecule has 0 saturated heterocycles. The highest BCUT2D eigenvalue weighted by Crippen LogP contribution is 1.50. The molecule has 0 amide bonds. The monoisotopic (exact) mass is 71.0 g/mol. The van der Waals surface area contributed by atoms with Gasteiger partial charge in [-0.25, -0.2) is 0 Å². The molecule has 0 fully saturated rings. The van der Waals surface area contributed by atoms with Crippen LogP contribution < -0.4 is 0 Å². The molecule has 0 aliphatic rings. The van der Waals surface area contributed by atoms with Crippen molar-refractivity contribution in [3.05, 3.63) is 7.43 Å². The summed E-state index contributed by atoms with van der Waals surface area (Å²) < 4.78 is 0. The van der Waals surface area contributed by atoms with Crippen LogP contribution in [0.3, 0.4) is 0 Å². The molecule has 0 saturated carbocycles. The van der Waals surface area contributed by atoms with E-state index in [9.17, 15) is 4.79 Å². The van der Waals surface area contributed by atoms with E-state index in [-0.39, 0.29) is 13.2 Å². The molecule has 0 rings (SSSR count). The molecule has 1 nitrogen and oxygen atoms in total. The van der Waals surface area contributed by atoms with Crippen molar-refractivity contribution in [2.45, 2.75) is 13.8 Å². The second-order valence-corrected chi connectivity index (χ2v) is 0.908. The summed E-state index contributed by atoms with van der Waals surface area (Å²) in [5.41, 5.74) is 0. The highest BCUT2D eigenvalue weighted by molar-refractivity contribution is 5.72. The molecule has 0 atom stereocenters. The fourth-order valence-electron chi connectivity index (χ4n) is 0. The maximum Gasteiger partial charge on any atom is 0.126 e. The molecule has 1 heteroatoms. The Morgan fingerprint density at radius 3 is 1.40 bits per heavy atom. The second-order valence-electron chi connectivity index (χ2n) is 0.908. The Morgan fingerprint density at radius 2 is 1.40 bits per heavy atom. The molecule has 0 aromatic heterocycles. The molecule has 0 unspecified atom stereocenters. The smallest absolute Gasteiger partial charge is 0.126 e. The summed E-state index contributed by atoms with van der Waals surface area (Å²) in [6, 6.07) is 0. The van der Waals surface area contributed by atoms with Crippen LogP contribution in [0.5, 0.6) is 0 Å². The minimum Gasteiger partial charge on any atom is -0.300 e. The number of hydrogen-bond acceptors (Lipinski definition) is 1. The highest BCUT2D eigenvalue weighted by atomic mass is 16.1. The summed E-state index contributed by atoms with van der Waals surface area (Å²) in [5.74, 6) is 0.167. The molecule has 29 valence electrons. The van der Waals surface area contributed by atoms with Gasteiger partial charge >= 0.3 is 0 Å². The van der Waals surface area contributed by atoms with E-state index in [1.807, 2.05) is 0 Å². The van der Waals surface area contributed by atoms with Crippen LogP contribution in [-0.2, 0) is 4.79 Å². The van der Waals surface area contributed by atoms with Crippen molar-refractivity contribution in [2.75, 3.05) is 0 Å². The molecule has 5 heavy (non-hydrogen) atoms. The molecule has 0 aliphatic heterocycles. The van der Waals surface area contributed by atoms with Gasteiger partial charge in [-0.2, -0.15) is 0 Å². The molecule has 0 spiro atoms. The average molecular weight is 71.1 g/mol. The van der Waals surface area contributed by atoms with Crippen molar-refractivity contribution < 1.29 is 4.79 Å². The first kappa shape index (κ1) is 8.82. The molecule has 0 N–H and O–H groups in total. The average Bonchev–Trinajstić information content (AvgIpc) is 0.811. The van der Waals surface area contributed by atoms with E-state index in [1.54, 1.807) is 0 Å². The van der Waals surface area contributed by atoms with E-state index in [0.717, 1.165) is 0 Å². The summed E-state index contributed by atoms with van der Waals surface area (Å²) in [6.45, 7) is 3.06. The standard InChI is InChI=1S/C3H6O.CH/c1-3(2)4;/h1-2H3;1H. The summed E-state index contributed by atoms with van der Waals surface area (Å²) in [7, 11) is 0. The lowest BCUT2D eigenvalue weighted by Crippen LogP contribution is -1.69. The van der Waals surface area contributed by atoms with Crippen LogP contribution in [0, 0.1) is 7.43 Å². The van der Waals surface area contributed by atoms with Crippen molar-refractivity contribution in [2.24, 2.45) is 0 Å². The van der Waals surface area contributed by atoms with Crippen molar-refractivity contribution in [3.8, 4) is 0 Å². The van der Waals surface area contributed by atoms with Crippen LogP contribution >= 0.6 is 0 Å². The van der Waals surface area contributed by atoms with Gasteiger partial charge in [0.25, 0.3) is 0 Å². The van der Waals surface area contributed by atoms with Crippen LogP contribution in [0.4, 0.5) is 0 Å². The lowest BCUT2D eigenvalue weighted by atomic mass is 10.6. The first-order valence-corrected chi connectivity index (χ1v) is 1.20. The Hall–Kier alpha value is -0.330. The van der Waals surface area contributed by atoms with Gasteiger partial charge in [-0.15, -0.1) is 0 Å². The van der Waals surface area contributed by atoms with Gasteiger partial charge in [0.15, 0.2) is 0 Å². The predicted octanol–water partition coefficient (Wildman–Crippen LogP) is 0.800. The first-order valence-electron chi connectivity index (χ1n) is 1.20. The first-order chi connectivity index (χ1) is 1.73. The van der Waals surface area contributed by atoms with E-state index in [1.165, 1.54) is 13.8 Å². The molecule has 3 radical (unpaired) electrons. The zero-order valence-electron chi connectivity index (χ0n) is 3.49. The van der Waals surface area contributed by atoms with Crippen LogP contribution in [0.2, 0.25) is 0 Å². The minimum atomic E-state index is 0. The van der Waals surface area contributed by atoms with Gasteiger partial charge in [-0.3, -0.25) is 0 Å². The third kappa shape index (κ3) is 94.0. The largest absolute Gasteiger partial charge is 0.300 e. The van der Waals surface area contributed by atoms with Gasteiger partial charge in [0, 0.05) is 0 Å². The van der Waals surface area contributed by atoms with E-state index in [0.29, 0.717) is 0 Å². The van der Waals surface area contributed by atoms with Gasteiger partial charge in [0.05, 0.1) is 0 Å². The summed E-state index contributed by atoms with van der Waals surface area (Å²) >= 11 is 0. The maximum absolute atomic E-state index is 9.44. The number of carbonyl (C=O) groups excluding carboxylic acids is 1. The topological polar surface area (TPSA) is 17.1 Å². The zero-order valence-corrected chi connectivity index (χ0v) is 3.49. The third-order valence-electron chi connectivity index (χ3n) is 0. The number of hydrogen-bond donors (Lipinski definition) is 0. The quantitative estimate of drug-likeness (QED) is 0.413. The predicted molar refractivity (Wildman–Crippen MR) is 20.7 cm³/mol. The Balaban J connectivity index is 0. The molecule has 0 heterocycles. The van der Waals surface area contributed by atoms with E-state index >= 15 is 0 Å². The minimum absolute atomic E-state index is 0. The van der Waals surface area contributed by atoms with Crippen molar-refractivity contribution >= 4 is 5.78 Å². The molecule has 0 bridgehead atoms. The van der Waals surface area contributed by atoms with Crippen molar-refractivity contribution in [3.63, 3.8) is 0 Å². The van der Waals surface area contributed by atoms with Crippen LogP contribution in [0.15, 0.2) is 0 Å². The fraction of sp³-hybridized carbons (Fsp3) is 0.500. The Morgan fingerprint density at radius 1 is 1.40 bits per heavy atom. The van der Waals surface area contributed by atoms with Crippen LogP contribution in [0.1, 0.15) is 13.8 Å². The van der Waals surface area contributed by atoms with Gasteiger partial charge < -0.3 is 4.79 Å². The van der Waals surface area contributed by atoms with E-state index in [2.05, 4.69) is 0 Å². The number of rotatable bonds is 0. The summed E-state index contributed by atoms with van der Waals surface area (Å²) in [6.07, 6.45) is 0. The Kier molecular flexibility index (Phi) is 6.48. The highest BCUT2D eigenvalue weighted by Gasteiger charge is 1.62. The SMILES string of the molecule is CC(C)=O.[CH]. The van der Waals surface area contributed by atoms with E-state index < -0.39 is 0 Å². The second kappa shape index (κ2) is 3.67. The van der Waals surface area contributed by atoms with Gasteiger partial charge in [-0.1, -0.05) is 0 Å². The maximum atomic E-state index is 9.44. The van der Waals surface area contributed by atoms with Crippen LogP contribution in [0.25, 0.3) is 0 Å². The normalized spacial score (nSPS) is 5.20. The lowest BCUT2D eigenvalue weighted by Gasteiger charge is -1.56. The number of Topliss-reactive ketones (excluding diaryl/α,β-unsaturated/α-hetero) is 1. The van der Waals surface area contributed by atoms with Crippen molar-refractivity contribution in [1.82, 2.24) is 0 Å². The summed E-state index contributed by atoms with van der Waals surface area (Å²) in [5, 5.41) is 0. The number of carbonyl (C=O) groups is 1. The van der Waals surface area contributed by atoms with Crippen LogP contribution in [-0.4, -0.2) is 5.78 Å². The Labute approximate surface area is 33.0 Å². The van der Waals surface area contributed by atoms with Crippen molar-refractivity contribution in [1.29, 1.82) is 0 Å². The molecule has 0 aromatic rings. The molecule has 0 aromatic carbocycles. The Bertz CT molecular complexity index is 26.6. The zero-order chi connectivity index (χ0) is 3.58. The third-order valence-corrected chi connectivity index (χ3v) is 0. The summed E-state index contributed by atoms with van der Waals surface area (Å²) in [4.78, 5) is 9.44. The van der Waals surface area contributed by atoms with E-state index in [4.69, 9.17) is 0 Å². The molecular weight excluding hydrogens is 64.0 g/mol. The lowest BCUT2D eigenvalue weighted by molar-refractivity contribution is -0.114. The number of ketones is 1.